The van der Waals surface area contributed by atoms with Crippen LogP contribution in [-0.2, 0) is 6.42 Å². The molecule has 2 aromatic carbocycles. The Balaban J connectivity index is 1.70. The second-order valence-electron chi connectivity index (χ2n) is 7.27. The maximum atomic E-state index is 12.6. The van der Waals surface area contributed by atoms with Crippen molar-refractivity contribution >= 4 is 28.9 Å². The monoisotopic (exact) mass is 388 g/mol. The smallest absolute Gasteiger partial charge is 0.229 e. The average molecular weight is 388 g/mol. The standard InChI is InChI=1S/C23H24N4O2/c1-14-7-8-17(13-15(14)2)25-23-26-19-5-4-6-20(28)21(19)22(27-23)24-16-9-11-18(29-3)12-10-16/h7-13H,4-6H2,1-3H3,(H2,24,25,26,27). The molecule has 2 N–H and O–H groups in total. The molecule has 0 radical (unpaired) electrons. The van der Waals surface area contributed by atoms with Crippen LogP contribution in [0, 0.1) is 13.8 Å². The summed E-state index contributed by atoms with van der Waals surface area (Å²) in [7, 11) is 1.63. The fourth-order valence-electron chi connectivity index (χ4n) is 3.43. The zero-order valence-electron chi connectivity index (χ0n) is 16.9. The van der Waals surface area contributed by atoms with Crippen LogP contribution in [-0.4, -0.2) is 22.9 Å². The van der Waals surface area contributed by atoms with Gasteiger partial charge in [-0.15, -0.1) is 0 Å². The van der Waals surface area contributed by atoms with Crippen LogP contribution in [0.15, 0.2) is 42.5 Å². The maximum absolute atomic E-state index is 12.6. The van der Waals surface area contributed by atoms with Crippen LogP contribution >= 0.6 is 0 Å². The maximum Gasteiger partial charge on any atom is 0.229 e. The lowest BCUT2D eigenvalue weighted by Gasteiger charge is -2.19. The number of methoxy groups -OCH3 is 1. The quantitative estimate of drug-likeness (QED) is 0.633. The summed E-state index contributed by atoms with van der Waals surface area (Å²) >= 11 is 0. The average Bonchev–Trinajstić information content (AvgIpc) is 2.71. The Kier molecular flexibility index (Phi) is 5.16. The highest BCUT2D eigenvalue weighted by Gasteiger charge is 2.24. The lowest BCUT2D eigenvalue weighted by atomic mass is 9.95. The highest BCUT2D eigenvalue weighted by molar-refractivity contribution is 6.03. The first-order valence-electron chi connectivity index (χ1n) is 9.73. The molecule has 0 aliphatic heterocycles. The van der Waals surface area contributed by atoms with E-state index in [1.165, 1.54) is 11.1 Å². The van der Waals surface area contributed by atoms with Crippen molar-refractivity contribution < 1.29 is 9.53 Å². The van der Waals surface area contributed by atoms with Crippen molar-refractivity contribution in [1.29, 1.82) is 0 Å². The number of hydrogen-bond donors (Lipinski definition) is 2. The van der Waals surface area contributed by atoms with Crippen molar-refractivity contribution in [2.75, 3.05) is 17.7 Å². The zero-order chi connectivity index (χ0) is 20.4. The number of aryl methyl sites for hydroxylation is 3. The Morgan fingerprint density at radius 1 is 0.897 bits per heavy atom. The van der Waals surface area contributed by atoms with Crippen molar-refractivity contribution in [2.45, 2.75) is 33.1 Å². The number of Topliss-reactive ketones (excluding diaryl/α,β-unsaturated/α-hetero) is 1. The molecule has 0 saturated heterocycles. The second kappa shape index (κ2) is 7.91. The van der Waals surface area contributed by atoms with Crippen LogP contribution in [0.3, 0.4) is 0 Å². The molecule has 0 fully saturated rings. The minimum absolute atomic E-state index is 0.0833. The predicted octanol–water partition coefficient (Wildman–Crippen LogP) is 5.11. The van der Waals surface area contributed by atoms with Crippen molar-refractivity contribution in [3.05, 3.63) is 64.8 Å². The van der Waals surface area contributed by atoms with Crippen molar-refractivity contribution in [2.24, 2.45) is 0 Å². The third-order valence-corrected chi connectivity index (χ3v) is 5.20. The van der Waals surface area contributed by atoms with Crippen LogP contribution in [0.5, 0.6) is 5.75 Å². The van der Waals surface area contributed by atoms with E-state index in [4.69, 9.17) is 4.74 Å². The first-order valence-corrected chi connectivity index (χ1v) is 9.73. The van der Waals surface area contributed by atoms with Crippen LogP contribution in [0.1, 0.15) is 40.0 Å². The van der Waals surface area contributed by atoms with Crippen LogP contribution < -0.4 is 15.4 Å². The van der Waals surface area contributed by atoms with E-state index < -0.39 is 0 Å². The number of hydrogen-bond acceptors (Lipinski definition) is 6. The molecule has 3 aromatic rings. The van der Waals surface area contributed by atoms with Gasteiger partial charge in [0.05, 0.1) is 18.4 Å². The predicted molar refractivity (Wildman–Crippen MR) is 115 cm³/mol. The summed E-state index contributed by atoms with van der Waals surface area (Å²) in [5.41, 5.74) is 5.57. The second-order valence-corrected chi connectivity index (χ2v) is 7.27. The van der Waals surface area contributed by atoms with E-state index in [2.05, 4.69) is 46.6 Å². The number of rotatable bonds is 5. The van der Waals surface area contributed by atoms with Crippen LogP contribution in [0.2, 0.25) is 0 Å². The molecular weight excluding hydrogens is 364 g/mol. The highest BCUT2D eigenvalue weighted by atomic mass is 16.5. The van der Waals surface area contributed by atoms with Gasteiger partial charge in [0.15, 0.2) is 5.78 Å². The Hall–Kier alpha value is -3.41. The molecule has 0 amide bonds. The summed E-state index contributed by atoms with van der Waals surface area (Å²) in [4.78, 5) is 21.9. The molecular formula is C23H24N4O2. The highest BCUT2D eigenvalue weighted by Crippen LogP contribution is 2.30. The fraction of sp³-hybridized carbons (Fsp3) is 0.261. The number of ether oxygens (including phenoxy) is 1. The number of aromatic nitrogens is 2. The van der Waals surface area contributed by atoms with Gasteiger partial charge in [-0.1, -0.05) is 6.07 Å². The summed E-state index contributed by atoms with van der Waals surface area (Å²) in [5, 5.41) is 6.58. The van der Waals surface area contributed by atoms with Gasteiger partial charge in [-0.3, -0.25) is 4.79 Å². The van der Waals surface area contributed by atoms with E-state index in [1.807, 2.05) is 30.3 Å². The molecule has 0 spiro atoms. The van der Waals surface area contributed by atoms with E-state index in [9.17, 15) is 4.79 Å². The van der Waals surface area contributed by atoms with Gasteiger partial charge in [-0.05, 0) is 74.2 Å². The van der Waals surface area contributed by atoms with Gasteiger partial charge in [0, 0.05) is 17.8 Å². The van der Waals surface area contributed by atoms with E-state index in [0.717, 1.165) is 35.7 Å². The molecule has 1 heterocycles. The Labute approximate surface area is 170 Å². The van der Waals surface area contributed by atoms with Gasteiger partial charge in [0.2, 0.25) is 5.95 Å². The lowest BCUT2D eigenvalue weighted by Crippen LogP contribution is -2.17. The van der Waals surface area contributed by atoms with E-state index in [1.54, 1.807) is 7.11 Å². The number of nitrogens with zero attached hydrogens (tertiary/aromatic N) is 2. The van der Waals surface area contributed by atoms with Gasteiger partial charge < -0.3 is 15.4 Å². The minimum atomic E-state index is 0.0833. The molecule has 1 aromatic heterocycles. The number of fused-ring (bicyclic) bond motifs is 1. The number of nitrogens with one attached hydrogen (secondary N) is 2. The zero-order valence-corrected chi connectivity index (χ0v) is 16.9. The number of benzene rings is 2. The summed E-state index contributed by atoms with van der Waals surface area (Å²) in [6.07, 6.45) is 2.11. The Morgan fingerprint density at radius 2 is 1.66 bits per heavy atom. The minimum Gasteiger partial charge on any atom is -0.497 e. The molecule has 0 saturated carbocycles. The van der Waals surface area contributed by atoms with E-state index in [0.29, 0.717) is 23.8 Å². The first kappa shape index (κ1) is 18.9. The van der Waals surface area contributed by atoms with Gasteiger partial charge in [-0.2, -0.15) is 4.98 Å². The molecule has 1 aliphatic rings. The van der Waals surface area contributed by atoms with Crippen molar-refractivity contribution in [1.82, 2.24) is 9.97 Å². The number of carbonyl (C=O) groups excluding carboxylic acids is 1. The SMILES string of the molecule is COc1ccc(Nc2nc(Nc3ccc(C)c(C)c3)nc3c2C(=O)CCC3)cc1. The normalized spacial score (nSPS) is 13.0. The summed E-state index contributed by atoms with van der Waals surface area (Å²) in [6, 6.07) is 13.7. The van der Waals surface area contributed by atoms with Crippen molar-refractivity contribution in [3.63, 3.8) is 0 Å². The molecule has 148 valence electrons. The van der Waals surface area contributed by atoms with E-state index in [-0.39, 0.29) is 5.78 Å². The Morgan fingerprint density at radius 3 is 2.38 bits per heavy atom. The van der Waals surface area contributed by atoms with Crippen LogP contribution in [0.25, 0.3) is 0 Å². The third kappa shape index (κ3) is 4.06. The summed E-state index contributed by atoms with van der Waals surface area (Å²) in [5.74, 6) is 1.88. The summed E-state index contributed by atoms with van der Waals surface area (Å²) in [6.45, 7) is 4.15. The van der Waals surface area contributed by atoms with Crippen molar-refractivity contribution in [3.8, 4) is 5.75 Å². The first-order chi connectivity index (χ1) is 14.0. The van der Waals surface area contributed by atoms with Crippen LogP contribution in [0.4, 0.5) is 23.1 Å². The number of anilines is 4. The van der Waals surface area contributed by atoms with E-state index >= 15 is 0 Å². The largest absolute Gasteiger partial charge is 0.497 e. The molecule has 6 nitrogen and oxygen atoms in total. The molecule has 4 rings (SSSR count). The van der Waals surface area contributed by atoms with Gasteiger partial charge in [0.25, 0.3) is 0 Å². The molecule has 6 heteroatoms. The number of carbonyl (C=O) groups is 1. The lowest BCUT2D eigenvalue weighted by molar-refractivity contribution is 0.0972. The Bertz CT molecular complexity index is 1060. The topological polar surface area (TPSA) is 76.1 Å². The summed E-state index contributed by atoms with van der Waals surface area (Å²) < 4.78 is 5.21. The molecule has 29 heavy (non-hydrogen) atoms. The third-order valence-electron chi connectivity index (χ3n) is 5.20. The van der Waals surface area contributed by atoms with Gasteiger partial charge >= 0.3 is 0 Å². The number of ketones is 1. The molecule has 0 unspecified atom stereocenters. The molecule has 0 atom stereocenters. The fourth-order valence-corrected chi connectivity index (χ4v) is 3.43. The van der Waals surface area contributed by atoms with Gasteiger partial charge in [-0.25, -0.2) is 4.98 Å². The molecule has 1 aliphatic carbocycles. The molecule has 0 bridgehead atoms. The van der Waals surface area contributed by atoms with Gasteiger partial charge in [0.1, 0.15) is 11.6 Å².